The van der Waals surface area contributed by atoms with Crippen LogP contribution in [0.15, 0.2) is 42.5 Å². The minimum atomic E-state index is -0.281. The third-order valence-electron chi connectivity index (χ3n) is 2.19. The van der Waals surface area contributed by atoms with Gasteiger partial charge >= 0.3 is 0 Å². The van der Waals surface area contributed by atoms with Crippen LogP contribution in [-0.4, -0.2) is 5.11 Å². The predicted molar refractivity (Wildman–Crippen MR) is 57.9 cm³/mol. The highest BCUT2D eigenvalue weighted by Gasteiger charge is 2.03. The number of nitrogens with two attached hydrogens (primary N) is 1. The fourth-order valence-corrected chi connectivity index (χ4v) is 1.44. The molecule has 0 aliphatic carbocycles. The highest BCUT2D eigenvalue weighted by molar-refractivity contribution is 5.77. The molecule has 0 bridgehead atoms. The molecule has 0 saturated heterocycles. The van der Waals surface area contributed by atoms with Crippen LogP contribution < -0.4 is 5.73 Å². The summed E-state index contributed by atoms with van der Waals surface area (Å²) < 4.78 is 12.7. The standard InChI is InChI=1S/C12H10FNO/c13-9-3-1-8(2-4-9)11-6-5-10(15)7-12(11)14/h1-7,15H,14H2. The van der Waals surface area contributed by atoms with Crippen molar-refractivity contribution in [3.63, 3.8) is 0 Å². The van der Waals surface area contributed by atoms with E-state index in [1.54, 1.807) is 24.3 Å². The molecule has 0 aromatic heterocycles. The Morgan fingerprint density at radius 2 is 1.67 bits per heavy atom. The van der Waals surface area contributed by atoms with Crippen molar-refractivity contribution in [1.29, 1.82) is 0 Å². The fraction of sp³-hybridized carbons (Fsp3) is 0. The monoisotopic (exact) mass is 203 g/mol. The summed E-state index contributed by atoms with van der Waals surface area (Å²) in [6, 6.07) is 10.8. The molecule has 0 heterocycles. The van der Waals surface area contributed by atoms with Gasteiger partial charge in [-0.05, 0) is 29.8 Å². The first-order valence-corrected chi connectivity index (χ1v) is 4.51. The molecular formula is C12H10FNO. The van der Waals surface area contributed by atoms with Gasteiger partial charge in [0.05, 0.1) is 0 Å². The van der Waals surface area contributed by atoms with Gasteiger partial charge in [-0.25, -0.2) is 4.39 Å². The quantitative estimate of drug-likeness (QED) is 0.700. The van der Waals surface area contributed by atoms with Gasteiger partial charge in [0.15, 0.2) is 0 Å². The van der Waals surface area contributed by atoms with E-state index in [1.807, 2.05) is 0 Å². The SMILES string of the molecule is Nc1cc(O)ccc1-c1ccc(F)cc1. The number of phenolic OH excluding ortho intramolecular Hbond substituents is 1. The Morgan fingerprint density at radius 3 is 2.27 bits per heavy atom. The molecule has 3 heteroatoms. The molecule has 0 atom stereocenters. The van der Waals surface area contributed by atoms with Crippen LogP contribution >= 0.6 is 0 Å². The molecule has 2 rings (SSSR count). The van der Waals surface area contributed by atoms with Gasteiger partial charge in [0.1, 0.15) is 11.6 Å². The maximum absolute atomic E-state index is 12.7. The molecule has 15 heavy (non-hydrogen) atoms. The Kier molecular flexibility index (Phi) is 2.29. The van der Waals surface area contributed by atoms with Gasteiger partial charge in [-0.3, -0.25) is 0 Å². The zero-order valence-corrected chi connectivity index (χ0v) is 7.94. The van der Waals surface area contributed by atoms with Crippen LogP contribution in [-0.2, 0) is 0 Å². The predicted octanol–water partition coefficient (Wildman–Crippen LogP) is 2.78. The molecule has 2 aromatic carbocycles. The van der Waals surface area contributed by atoms with Crippen molar-refractivity contribution in [3.05, 3.63) is 48.3 Å². The van der Waals surface area contributed by atoms with Crippen LogP contribution in [0.3, 0.4) is 0 Å². The van der Waals surface area contributed by atoms with E-state index < -0.39 is 0 Å². The van der Waals surface area contributed by atoms with E-state index in [1.165, 1.54) is 18.2 Å². The number of hydrogen-bond donors (Lipinski definition) is 2. The summed E-state index contributed by atoms with van der Waals surface area (Å²) >= 11 is 0. The Hall–Kier alpha value is -2.03. The lowest BCUT2D eigenvalue weighted by Gasteiger charge is -2.05. The van der Waals surface area contributed by atoms with Crippen molar-refractivity contribution in [2.75, 3.05) is 5.73 Å². The number of hydrogen-bond acceptors (Lipinski definition) is 2. The highest BCUT2D eigenvalue weighted by Crippen LogP contribution is 2.28. The average Bonchev–Trinajstić information content (AvgIpc) is 2.20. The van der Waals surface area contributed by atoms with Crippen LogP contribution in [0.25, 0.3) is 11.1 Å². The Balaban J connectivity index is 2.49. The number of aromatic hydroxyl groups is 1. The molecule has 76 valence electrons. The molecule has 0 amide bonds. The molecule has 0 spiro atoms. The van der Waals surface area contributed by atoms with Gasteiger partial charge in [0.25, 0.3) is 0 Å². The number of phenols is 1. The van der Waals surface area contributed by atoms with Gasteiger partial charge in [-0.2, -0.15) is 0 Å². The van der Waals surface area contributed by atoms with E-state index in [0.29, 0.717) is 5.69 Å². The summed E-state index contributed by atoms with van der Waals surface area (Å²) in [5, 5.41) is 9.19. The normalized spacial score (nSPS) is 10.2. The van der Waals surface area contributed by atoms with Gasteiger partial charge in [-0.15, -0.1) is 0 Å². The first kappa shape index (κ1) is 9.52. The summed E-state index contributed by atoms with van der Waals surface area (Å²) in [6.45, 7) is 0. The summed E-state index contributed by atoms with van der Waals surface area (Å²) in [6.07, 6.45) is 0. The van der Waals surface area contributed by atoms with Crippen molar-refractivity contribution in [3.8, 4) is 16.9 Å². The second-order valence-corrected chi connectivity index (χ2v) is 3.28. The molecule has 2 nitrogen and oxygen atoms in total. The number of nitrogen functional groups attached to an aromatic ring is 1. The number of benzene rings is 2. The first-order chi connectivity index (χ1) is 7.16. The van der Waals surface area contributed by atoms with Crippen molar-refractivity contribution < 1.29 is 9.50 Å². The summed E-state index contributed by atoms with van der Waals surface area (Å²) in [7, 11) is 0. The maximum Gasteiger partial charge on any atom is 0.123 e. The van der Waals surface area contributed by atoms with Gasteiger partial charge in [0, 0.05) is 17.3 Å². The van der Waals surface area contributed by atoms with Gasteiger partial charge < -0.3 is 10.8 Å². The van der Waals surface area contributed by atoms with Crippen molar-refractivity contribution in [2.24, 2.45) is 0 Å². The fourth-order valence-electron chi connectivity index (χ4n) is 1.44. The van der Waals surface area contributed by atoms with E-state index in [2.05, 4.69) is 0 Å². The zero-order valence-electron chi connectivity index (χ0n) is 7.94. The zero-order chi connectivity index (χ0) is 10.8. The smallest absolute Gasteiger partial charge is 0.123 e. The Bertz CT molecular complexity index is 479. The highest BCUT2D eigenvalue weighted by atomic mass is 19.1. The molecule has 0 radical (unpaired) electrons. The molecule has 0 saturated carbocycles. The van der Waals surface area contributed by atoms with Crippen LogP contribution in [0, 0.1) is 5.82 Å². The first-order valence-electron chi connectivity index (χ1n) is 4.51. The topological polar surface area (TPSA) is 46.2 Å². The van der Waals surface area contributed by atoms with Crippen molar-refractivity contribution >= 4 is 5.69 Å². The maximum atomic E-state index is 12.7. The summed E-state index contributed by atoms with van der Waals surface area (Å²) in [4.78, 5) is 0. The summed E-state index contributed by atoms with van der Waals surface area (Å²) in [5.41, 5.74) is 7.82. The van der Waals surface area contributed by atoms with E-state index >= 15 is 0 Å². The number of anilines is 1. The van der Waals surface area contributed by atoms with Crippen LogP contribution in [0.4, 0.5) is 10.1 Å². The lowest BCUT2D eigenvalue weighted by atomic mass is 10.0. The van der Waals surface area contributed by atoms with Crippen LogP contribution in [0.1, 0.15) is 0 Å². The average molecular weight is 203 g/mol. The Labute approximate surface area is 86.8 Å². The molecular weight excluding hydrogens is 193 g/mol. The lowest BCUT2D eigenvalue weighted by molar-refractivity contribution is 0.476. The van der Waals surface area contributed by atoms with Gasteiger partial charge in [0.2, 0.25) is 0 Å². The third kappa shape index (κ3) is 1.91. The van der Waals surface area contributed by atoms with Gasteiger partial charge in [-0.1, -0.05) is 12.1 Å². The summed E-state index contributed by atoms with van der Waals surface area (Å²) in [5.74, 6) is -0.158. The van der Waals surface area contributed by atoms with Crippen LogP contribution in [0.5, 0.6) is 5.75 Å². The molecule has 3 N–H and O–H groups in total. The molecule has 0 aliphatic heterocycles. The largest absolute Gasteiger partial charge is 0.508 e. The second-order valence-electron chi connectivity index (χ2n) is 3.28. The molecule has 0 fully saturated rings. The van der Waals surface area contributed by atoms with Crippen LogP contribution in [0.2, 0.25) is 0 Å². The second kappa shape index (κ2) is 3.61. The minimum absolute atomic E-state index is 0.123. The number of rotatable bonds is 1. The lowest BCUT2D eigenvalue weighted by Crippen LogP contribution is -1.89. The third-order valence-corrected chi connectivity index (χ3v) is 2.19. The molecule has 0 aliphatic rings. The Morgan fingerprint density at radius 1 is 1.00 bits per heavy atom. The van der Waals surface area contributed by atoms with Crippen molar-refractivity contribution in [2.45, 2.75) is 0 Å². The molecule has 0 unspecified atom stereocenters. The van der Waals surface area contributed by atoms with E-state index in [9.17, 15) is 9.50 Å². The van der Waals surface area contributed by atoms with Crippen molar-refractivity contribution in [1.82, 2.24) is 0 Å². The van der Waals surface area contributed by atoms with E-state index in [-0.39, 0.29) is 11.6 Å². The number of halogens is 1. The molecule has 2 aromatic rings. The van der Waals surface area contributed by atoms with E-state index in [4.69, 9.17) is 5.73 Å². The minimum Gasteiger partial charge on any atom is -0.508 e. The van der Waals surface area contributed by atoms with E-state index in [0.717, 1.165) is 11.1 Å².